The average molecular weight is 253 g/mol. The number of nitro benzene ring substituents is 1. The van der Waals surface area contributed by atoms with Crippen molar-refractivity contribution in [2.75, 3.05) is 24.6 Å². The van der Waals surface area contributed by atoms with Gasteiger partial charge in [0.1, 0.15) is 5.69 Å². The fourth-order valence-electron chi connectivity index (χ4n) is 1.65. The van der Waals surface area contributed by atoms with Crippen molar-refractivity contribution < 1.29 is 14.8 Å². The lowest BCUT2D eigenvalue weighted by Gasteiger charge is -2.22. The lowest BCUT2D eigenvalue weighted by molar-refractivity contribution is -0.384. The molecule has 0 aliphatic carbocycles. The Morgan fingerprint density at radius 2 is 2.22 bits per heavy atom. The summed E-state index contributed by atoms with van der Waals surface area (Å²) in [7, 11) is 0. The average Bonchev–Trinajstić information content (AvgIpc) is 2.35. The summed E-state index contributed by atoms with van der Waals surface area (Å²) in [5, 5.41) is 19.9. The van der Waals surface area contributed by atoms with Crippen LogP contribution in [0.25, 0.3) is 0 Å². The Morgan fingerprint density at radius 1 is 1.56 bits per heavy atom. The topological polar surface area (TPSA) is 110 Å². The van der Waals surface area contributed by atoms with Crippen molar-refractivity contribution in [1.29, 1.82) is 0 Å². The van der Waals surface area contributed by atoms with E-state index in [4.69, 9.17) is 10.8 Å². The number of carbonyl (C=O) groups is 1. The standard InChI is InChI=1S/C11H15N3O4/c1-2-13(5-6-15)10-7-8(11(12)16)3-4-9(10)14(17)18/h3-4,7,15H,2,5-6H2,1H3,(H2,12,16). The number of aliphatic hydroxyl groups excluding tert-OH is 1. The molecule has 98 valence electrons. The van der Waals surface area contributed by atoms with E-state index in [9.17, 15) is 14.9 Å². The molecule has 1 aromatic rings. The van der Waals surface area contributed by atoms with E-state index in [1.54, 1.807) is 11.8 Å². The molecule has 0 aliphatic rings. The van der Waals surface area contributed by atoms with E-state index >= 15 is 0 Å². The molecule has 0 radical (unpaired) electrons. The number of nitrogens with zero attached hydrogens (tertiary/aromatic N) is 2. The molecule has 1 amide bonds. The number of nitro groups is 1. The Labute approximate surface area is 104 Å². The summed E-state index contributed by atoms with van der Waals surface area (Å²) in [6, 6.07) is 3.94. The number of hydrogen-bond donors (Lipinski definition) is 2. The number of likely N-dealkylation sites (N-methyl/N-ethyl adjacent to an activating group) is 1. The fraction of sp³-hybridized carbons (Fsp3) is 0.364. The number of primary amides is 1. The van der Waals surface area contributed by atoms with Gasteiger partial charge in [-0.2, -0.15) is 0 Å². The smallest absolute Gasteiger partial charge is 0.292 e. The largest absolute Gasteiger partial charge is 0.395 e. The second-order valence-electron chi connectivity index (χ2n) is 3.63. The summed E-state index contributed by atoms with van der Waals surface area (Å²) in [4.78, 5) is 23.1. The van der Waals surface area contributed by atoms with E-state index in [-0.39, 0.29) is 30.1 Å². The van der Waals surface area contributed by atoms with Gasteiger partial charge in [0.2, 0.25) is 5.91 Å². The van der Waals surface area contributed by atoms with Crippen molar-refractivity contribution >= 4 is 17.3 Å². The molecule has 0 heterocycles. The number of aliphatic hydroxyl groups is 1. The van der Waals surface area contributed by atoms with Gasteiger partial charge in [0.05, 0.1) is 11.5 Å². The Kier molecular flexibility index (Phi) is 4.61. The fourth-order valence-corrected chi connectivity index (χ4v) is 1.65. The van der Waals surface area contributed by atoms with Crippen molar-refractivity contribution in [3.63, 3.8) is 0 Å². The molecule has 0 spiro atoms. The lowest BCUT2D eigenvalue weighted by Crippen LogP contribution is -2.27. The van der Waals surface area contributed by atoms with E-state index in [2.05, 4.69) is 0 Å². The normalized spacial score (nSPS) is 10.1. The van der Waals surface area contributed by atoms with Gasteiger partial charge in [-0.05, 0) is 19.1 Å². The molecule has 0 bridgehead atoms. The molecule has 0 unspecified atom stereocenters. The number of amides is 1. The highest BCUT2D eigenvalue weighted by atomic mass is 16.6. The highest BCUT2D eigenvalue weighted by molar-refractivity contribution is 5.94. The van der Waals surface area contributed by atoms with E-state index in [0.717, 1.165) is 0 Å². The SMILES string of the molecule is CCN(CCO)c1cc(C(N)=O)ccc1[N+](=O)[O-]. The van der Waals surface area contributed by atoms with E-state index in [0.29, 0.717) is 6.54 Å². The second kappa shape index (κ2) is 5.97. The number of rotatable bonds is 6. The maximum Gasteiger partial charge on any atom is 0.292 e. The second-order valence-corrected chi connectivity index (χ2v) is 3.63. The third kappa shape index (κ3) is 2.95. The molecule has 0 atom stereocenters. The van der Waals surface area contributed by atoms with Gasteiger partial charge in [-0.3, -0.25) is 14.9 Å². The first-order valence-electron chi connectivity index (χ1n) is 5.45. The number of benzene rings is 1. The van der Waals surface area contributed by atoms with Crippen LogP contribution in [0, 0.1) is 10.1 Å². The van der Waals surface area contributed by atoms with Gasteiger partial charge < -0.3 is 15.7 Å². The minimum Gasteiger partial charge on any atom is -0.395 e. The third-order valence-electron chi connectivity index (χ3n) is 2.55. The van der Waals surface area contributed by atoms with Crippen LogP contribution in [-0.2, 0) is 0 Å². The van der Waals surface area contributed by atoms with Gasteiger partial charge in [0, 0.05) is 24.7 Å². The zero-order valence-corrected chi connectivity index (χ0v) is 10.00. The van der Waals surface area contributed by atoms with Crippen LogP contribution in [0.3, 0.4) is 0 Å². The summed E-state index contributed by atoms with van der Waals surface area (Å²) < 4.78 is 0. The minimum absolute atomic E-state index is 0.115. The van der Waals surface area contributed by atoms with E-state index < -0.39 is 10.8 Å². The first-order chi connectivity index (χ1) is 8.51. The summed E-state index contributed by atoms with van der Waals surface area (Å²) >= 11 is 0. The Bertz CT molecular complexity index is 462. The van der Waals surface area contributed by atoms with Gasteiger partial charge in [0.15, 0.2) is 0 Å². The zero-order chi connectivity index (χ0) is 13.7. The van der Waals surface area contributed by atoms with Gasteiger partial charge in [-0.15, -0.1) is 0 Å². The summed E-state index contributed by atoms with van der Waals surface area (Å²) in [5.41, 5.74) is 5.52. The summed E-state index contributed by atoms with van der Waals surface area (Å²) in [6.45, 7) is 2.39. The van der Waals surface area contributed by atoms with Crippen molar-refractivity contribution in [3.05, 3.63) is 33.9 Å². The van der Waals surface area contributed by atoms with Crippen LogP contribution < -0.4 is 10.6 Å². The Balaban J connectivity index is 3.29. The first-order valence-corrected chi connectivity index (χ1v) is 5.45. The monoisotopic (exact) mass is 253 g/mol. The molecule has 0 fully saturated rings. The molecular formula is C11H15N3O4. The predicted molar refractivity (Wildman–Crippen MR) is 66.6 cm³/mol. The van der Waals surface area contributed by atoms with Gasteiger partial charge >= 0.3 is 0 Å². The highest BCUT2D eigenvalue weighted by Crippen LogP contribution is 2.29. The van der Waals surface area contributed by atoms with Gasteiger partial charge in [0.25, 0.3) is 5.69 Å². The maximum atomic E-state index is 11.1. The zero-order valence-electron chi connectivity index (χ0n) is 10.00. The van der Waals surface area contributed by atoms with Crippen LogP contribution in [-0.4, -0.2) is 35.6 Å². The molecular weight excluding hydrogens is 238 g/mol. The number of carbonyl (C=O) groups excluding carboxylic acids is 1. The van der Waals surface area contributed by atoms with Crippen molar-refractivity contribution in [2.24, 2.45) is 5.73 Å². The number of hydrogen-bond acceptors (Lipinski definition) is 5. The number of anilines is 1. The van der Waals surface area contributed by atoms with Crippen molar-refractivity contribution in [3.8, 4) is 0 Å². The van der Waals surface area contributed by atoms with Crippen molar-refractivity contribution in [2.45, 2.75) is 6.92 Å². The van der Waals surface area contributed by atoms with Crippen LogP contribution in [0.2, 0.25) is 0 Å². The molecule has 0 aromatic heterocycles. The molecule has 3 N–H and O–H groups in total. The molecule has 7 heteroatoms. The molecule has 0 saturated heterocycles. The molecule has 7 nitrogen and oxygen atoms in total. The quantitative estimate of drug-likeness (QED) is 0.567. The highest BCUT2D eigenvalue weighted by Gasteiger charge is 2.19. The van der Waals surface area contributed by atoms with Crippen LogP contribution in [0.15, 0.2) is 18.2 Å². The molecule has 0 saturated carbocycles. The molecule has 18 heavy (non-hydrogen) atoms. The van der Waals surface area contributed by atoms with Crippen molar-refractivity contribution in [1.82, 2.24) is 0 Å². The van der Waals surface area contributed by atoms with Crippen LogP contribution >= 0.6 is 0 Å². The molecule has 0 aliphatic heterocycles. The predicted octanol–water partition coefficient (Wildman–Crippen LogP) is 0.512. The number of nitrogens with two attached hydrogens (primary N) is 1. The van der Waals surface area contributed by atoms with Crippen LogP contribution in [0.5, 0.6) is 0 Å². The van der Waals surface area contributed by atoms with Crippen LogP contribution in [0.1, 0.15) is 17.3 Å². The third-order valence-corrected chi connectivity index (χ3v) is 2.55. The Morgan fingerprint density at radius 3 is 2.67 bits per heavy atom. The molecule has 1 aromatic carbocycles. The van der Waals surface area contributed by atoms with Gasteiger partial charge in [-0.25, -0.2) is 0 Å². The molecule has 1 rings (SSSR count). The van der Waals surface area contributed by atoms with Crippen LogP contribution in [0.4, 0.5) is 11.4 Å². The lowest BCUT2D eigenvalue weighted by atomic mass is 10.1. The minimum atomic E-state index is -0.647. The van der Waals surface area contributed by atoms with Gasteiger partial charge in [-0.1, -0.05) is 0 Å². The summed E-state index contributed by atoms with van der Waals surface area (Å²) in [5.74, 6) is -0.647. The maximum absolute atomic E-state index is 11.1. The van der Waals surface area contributed by atoms with E-state index in [1.165, 1.54) is 18.2 Å². The van der Waals surface area contributed by atoms with E-state index in [1.807, 2.05) is 0 Å². The Hall–Kier alpha value is -2.15. The first kappa shape index (κ1) is 13.9. The summed E-state index contributed by atoms with van der Waals surface area (Å²) in [6.07, 6.45) is 0.